The zero-order valence-electron chi connectivity index (χ0n) is 19.1. The van der Waals surface area contributed by atoms with E-state index in [9.17, 15) is 4.79 Å². The minimum absolute atomic E-state index is 0.0444. The average molecular weight is 451 g/mol. The van der Waals surface area contributed by atoms with Gasteiger partial charge in [0, 0.05) is 31.9 Å². The van der Waals surface area contributed by atoms with Crippen LogP contribution >= 0.6 is 11.3 Å². The van der Waals surface area contributed by atoms with Gasteiger partial charge in [-0.25, -0.2) is 4.98 Å². The molecule has 0 aliphatic carbocycles. The molecule has 1 aromatic heterocycles. The van der Waals surface area contributed by atoms with Crippen molar-refractivity contribution in [2.45, 2.75) is 33.4 Å². The Bertz CT molecular complexity index is 1070. The Kier molecular flexibility index (Phi) is 6.77. The first kappa shape index (κ1) is 22.3. The van der Waals surface area contributed by atoms with Crippen molar-refractivity contribution in [2.75, 3.05) is 36.5 Å². The van der Waals surface area contributed by atoms with Crippen LogP contribution in [-0.2, 0) is 11.3 Å². The number of para-hydroxylation sites is 2. The van der Waals surface area contributed by atoms with Crippen molar-refractivity contribution in [3.05, 3.63) is 65.2 Å². The number of nitrogens with zero attached hydrogens (tertiary/aromatic N) is 4. The molecule has 168 valence electrons. The summed E-state index contributed by atoms with van der Waals surface area (Å²) in [5.74, 6) is 0.905. The molecule has 6 nitrogen and oxygen atoms in total. The normalized spacial score (nSPS) is 15.4. The van der Waals surface area contributed by atoms with Crippen LogP contribution in [0.4, 0.5) is 16.5 Å². The molecule has 1 amide bonds. The summed E-state index contributed by atoms with van der Waals surface area (Å²) in [5.41, 5.74) is 4.12. The van der Waals surface area contributed by atoms with E-state index < -0.39 is 0 Å². The molecule has 3 aromatic rings. The Balaban J connectivity index is 1.42. The number of carbonyl (C=O) groups excluding carboxylic acids is 1. The van der Waals surface area contributed by atoms with Crippen LogP contribution in [0.1, 0.15) is 25.1 Å². The number of rotatable bonds is 7. The van der Waals surface area contributed by atoms with Gasteiger partial charge in [0.15, 0.2) is 5.13 Å². The van der Waals surface area contributed by atoms with E-state index in [1.54, 1.807) is 11.8 Å². The molecule has 4 rings (SSSR count). The van der Waals surface area contributed by atoms with E-state index >= 15 is 0 Å². The molecule has 1 aliphatic heterocycles. The fourth-order valence-corrected chi connectivity index (χ4v) is 4.93. The molecule has 0 N–H and O–H groups in total. The molecule has 1 atom stereocenters. The Morgan fingerprint density at radius 1 is 1.22 bits per heavy atom. The maximum absolute atomic E-state index is 12.3. The lowest BCUT2D eigenvalue weighted by Crippen LogP contribution is -2.45. The van der Waals surface area contributed by atoms with Crippen LogP contribution in [-0.4, -0.2) is 48.6 Å². The van der Waals surface area contributed by atoms with Crippen LogP contribution in [0.25, 0.3) is 0 Å². The summed E-state index contributed by atoms with van der Waals surface area (Å²) in [5, 5.41) is 2.73. The highest BCUT2D eigenvalue weighted by Crippen LogP contribution is 2.33. The number of hydrogen-bond donors (Lipinski definition) is 0. The van der Waals surface area contributed by atoms with Crippen LogP contribution in [0, 0.1) is 6.92 Å². The number of anilines is 3. The molecular weight excluding hydrogens is 420 g/mol. The first-order valence-electron chi connectivity index (χ1n) is 11.0. The second-order valence-corrected chi connectivity index (χ2v) is 9.09. The lowest BCUT2D eigenvalue weighted by Gasteiger charge is -2.37. The molecule has 7 heteroatoms. The Hall–Kier alpha value is -2.90. The third-order valence-corrected chi connectivity index (χ3v) is 6.47. The van der Waals surface area contributed by atoms with Crippen molar-refractivity contribution in [2.24, 2.45) is 0 Å². The zero-order valence-corrected chi connectivity index (χ0v) is 19.9. The molecule has 0 fully saturated rings. The van der Waals surface area contributed by atoms with Crippen molar-refractivity contribution in [3.8, 4) is 5.75 Å². The highest BCUT2D eigenvalue weighted by molar-refractivity contribution is 7.14. The van der Waals surface area contributed by atoms with Crippen LogP contribution in [0.5, 0.6) is 5.75 Å². The van der Waals surface area contributed by atoms with E-state index in [4.69, 9.17) is 9.72 Å². The first-order valence-corrected chi connectivity index (χ1v) is 11.8. The highest BCUT2D eigenvalue weighted by Gasteiger charge is 2.26. The third-order valence-electron chi connectivity index (χ3n) is 5.59. The molecule has 1 aliphatic rings. The summed E-state index contributed by atoms with van der Waals surface area (Å²) >= 11 is 1.50. The minimum Gasteiger partial charge on any atom is -0.485 e. The van der Waals surface area contributed by atoms with Crippen molar-refractivity contribution in [1.29, 1.82) is 0 Å². The van der Waals surface area contributed by atoms with Crippen molar-refractivity contribution >= 4 is 33.8 Å². The van der Waals surface area contributed by atoms with Crippen molar-refractivity contribution in [3.63, 3.8) is 0 Å². The summed E-state index contributed by atoms with van der Waals surface area (Å²) in [6.45, 7) is 9.10. The van der Waals surface area contributed by atoms with Gasteiger partial charge >= 0.3 is 0 Å². The monoisotopic (exact) mass is 450 g/mol. The van der Waals surface area contributed by atoms with E-state index in [-0.39, 0.29) is 12.0 Å². The molecule has 2 aromatic carbocycles. The van der Waals surface area contributed by atoms with Gasteiger partial charge in [-0.1, -0.05) is 29.8 Å². The zero-order chi connectivity index (χ0) is 22.7. The fraction of sp³-hybridized carbons (Fsp3) is 0.360. The fourth-order valence-electron chi connectivity index (χ4n) is 4.05. The lowest BCUT2D eigenvalue weighted by molar-refractivity contribution is -0.115. The molecule has 0 bridgehead atoms. The number of aromatic nitrogens is 1. The molecule has 32 heavy (non-hydrogen) atoms. The number of benzene rings is 2. The van der Waals surface area contributed by atoms with E-state index in [1.807, 2.05) is 48.7 Å². The van der Waals surface area contributed by atoms with Crippen LogP contribution in [0.15, 0.2) is 53.9 Å². The topological polar surface area (TPSA) is 48.9 Å². The molecule has 0 radical (unpaired) electrons. The highest BCUT2D eigenvalue weighted by atomic mass is 32.1. The van der Waals surface area contributed by atoms with Gasteiger partial charge in [-0.2, -0.15) is 0 Å². The Morgan fingerprint density at radius 3 is 2.69 bits per heavy atom. The molecule has 0 saturated carbocycles. The van der Waals surface area contributed by atoms with Crippen molar-refractivity contribution in [1.82, 2.24) is 9.88 Å². The predicted molar refractivity (Wildman–Crippen MR) is 131 cm³/mol. The summed E-state index contributed by atoms with van der Waals surface area (Å²) in [6.07, 6.45) is 0.0919. The van der Waals surface area contributed by atoms with Crippen LogP contribution < -0.4 is 14.5 Å². The maximum Gasteiger partial charge on any atom is 0.230 e. The number of thiazole rings is 1. The summed E-state index contributed by atoms with van der Waals surface area (Å²) in [4.78, 5) is 23.4. The third kappa shape index (κ3) is 4.95. The Labute approximate surface area is 194 Å². The van der Waals surface area contributed by atoms with Crippen LogP contribution in [0.2, 0.25) is 0 Å². The smallest absolute Gasteiger partial charge is 0.230 e. The van der Waals surface area contributed by atoms with Gasteiger partial charge in [0.2, 0.25) is 5.91 Å². The molecule has 2 heterocycles. The number of aryl methyl sites for hydroxylation is 1. The summed E-state index contributed by atoms with van der Waals surface area (Å²) in [6, 6.07) is 16.2. The SMILES string of the molecule is CCN1C[C@H](CN(C)Cc2csc(N(C(C)=O)c3ccc(C)cc3)n2)Oc2ccccc21. The molecule has 0 unspecified atom stereocenters. The van der Waals surface area contributed by atoms with Gasteiger partial charge in [-0.05, 0) is 45.2 Å². The standard InChI is InChI=1S/C25H30N4O2S/c1-5-28-16-22(31-24-9-7-6-8-23(24)28)15-27(4)14-20-17-32-25(26-20)29(19(3)30)21-12-10-18(2)11-13-21/h6-13,17,22H,5,14-16H2,1-4H3/t22-/m0/s1. The maximum atomic E-state index is 12.3. The largest absolute Gasteiger partial charge is 0.485 e. The summed E-state index contributed by atoms with van der Waals surface area (Å²) < 4.78 is 6.26. The molecule has 0 spiro atoms. The van der Waals surface area contributed by atoms with E-state index in [2.05, 4.69) is 35.9 Å². The van der Waals surface area contributed by atoms with E-state index in [0.29, 0.717) is 11.7 Å². The van der Waals surface area contributed by atoms with Crippen LogP contribution in [0.3, 0.4) is 0 Å². The van der Waals surface area contributed by atoms with Crippen molar-refractivity contribution < 1.29 is 9.53 Å². The van der Waals surface area contributed by atoms with Gasteiger partial charge in [-0.15, -0.1) is 11.3 Å². The molecule has 0 saturated heterocycles. The second kappa shape index (κ2) is 9.71. The minimum atomic E-state index is -0.0444. The van der Waals surface area contributed by atoms with Gasteiger partial charge in [0.25, 0.3) is 0 Å². The number of amides is 1. The average Bonchev–Trinajstić information content (AvgIpc) is 3.21. The number of hydrogen-bond acceptors (Lipinski definition) is 6. The number of ether oxygens (including phenoxy) is 1. The number of fused-ring (bicyclic) bond motifs is 1. The number of likely N-dealkylation sites (N-methyl/N-ethyl adjacent to an activating group) is 2. The predicted octanol–water partition coefficient (Wildman–Crippen LogP) is 4.86. The second-order valence-electron chi connectivity index (χ2n) is 8.25. The van der Waals surface area contributed by atoms with Gasteiger partial charge < -0.3 is 9.64 Å². The van der Waals surface area contributed by atoms with E-state index in [0.717, 1.165) is 42.3 Å². The first-order chi connectivity index (χ1) is 15.4. The summed E-state index contributed by atoms with van der Waals surface area (Å²) in [7, 11) is 2.09. The Morgan fingerprint density at radius 2 is 1.97 bits per heavy atom. The van der Waals surface area contributed by atoms with Gasteiger partial charge in [0.1, 0.15) is 11.9 Å². The molecular formula is C25H30N4O2S. The van der Waals surface area contributed by atoms with Gasteiger partial charge in [-0.3, -0.25) is 14.6 Å². The van der Waals surface area contributed by atoms with E-state index in [1.165, 1.54) is 17.0 Å². The van der Waals surface area contributed by atoms with Gasteiger partial charge in [0.05, 0.1) is 23.6 Å². The quantitative estimate of drug-likeness (QED) is 0.515. The lowest BCUT2D eigenvalue weighted by atomic mass is 10.2. The number of carbonyl (C=O) groups is 1.